The van der Waals surface area contributed by atoms with Crippen LogP contribution in [0.5, 0.6) is 0 Å². The molecule has 0 amide bonds. The Labute approximate surface area is 286 Å². The molecule has 1 atom stereocenters. The van der Waals surface area contributed by atoms with Gasteiger partial charge in [-0.05, 0) is 153 Å². The first-order valence-corrected chi connectivity index (χ1v) is 17.7. The first-order valence-electron chi connectivity index (χ1n) is 17.7. The zero-order chi connectivity index (χ0) is 32.5. The van der Waals surface area contributed by atoms with Crippen LogP contribution in [0.3, 0.4) is 0 Å². The van der Waals surface area contributed by atoms with Gasteiger partial charge in [0, 0.05) is 34.0 Å². The highest BCUT2D eigenvalue weighted by atomic mass is 15.2. The second-order valence-corrected chi connectivity index (χ2v) is 13.6. The van der Waals surface area contributed by atoms with Crippen molar-refractivity contribution >= 4 is 28.8 Å². The Morgan fingerprint density at radius 1 is 0.604 bits per heavy atom. The first kappa shape index (κ1) is 30.3. The van der Waals surface area contributed by atoms with E-state index in [0.717, 1.165) is 32.1 Å². The fourth-order valence-corrected chi connectivity index (χ4v) is 8.05. The molecule has 0 aromatic heterocycles. The van der Waals surface area contributed by atoms with E-state index in [0.29, 0.717) is 5.92 Å². The minimum absolute atomic E-state index is 0.597. The molecule has 0 N–H and O–H groups in total. The lowest BCUT2D eigenvalue weighted by Gasteiger charge is -2.34. The van der Waals surface area contributed by atoms with Crippen LogP contribution in [0.4, 0.5) is 22.7 Å². The van der Waals surface area contributed by atoms with Crippen molar-refractivity contribution < 1.29 is 0 Å². The smallest absolute Gasteiger partial charge is 0.0533 e. The zero-order valence-electron chi connectivity index (χ0n) is 28.2. The highest BCUT2D eigenvalue weighted by molar-refractivity contribution is 5.83. The third kappa shape index (κ3) is 5.70. The van der Waals surface area contributed by atoms with Crippen LogP contribution in [-0.4, -0.2) is 0 Å². The van der Waals surface area contributed by atoms with Crippen LogP contribution in [-0.2, 0) is 6.42 Å². The van der Waals surface area contributed by atoms with Gasteiger partial charge in [0.25, 0.3) is 0 Å². The van der Waals surface area contributed by atoms with Gasteiger partial charge in [-0.2, -0.15) is 0 Å². The predicted octanol–water partition coefficient (Wildman–Crippen LogP) is 12.6. The average Bonchev–Trinajstić information content (AvgIpc) is 3.13. The fourth-order valence-electron chi connectivity index (χ4n) is 8.05. The van der Waals surface area contributed by atoms with Gasteiger partial charge in [0.1, 0.15) is 0 Å². The number of rotatable bonds is 7. The van der Waals surface area contributed by atoms with Crippen molar-refractivity contribution in [2.45, 2.75) is 58.8 Å². The number of hydrogen-bond donors (Lipinski definition) is 0. The van der Waals surface area contributed by atoms with Gasteiger partial charge in [-0.3, -0.25) is 0 Å². The van der Waals surface area contributed by atoms with Crippen molar-refractivity contribution in [3.63, 3.8) is 0 Å². The molecule has 4 aromatic rings. The molecule has 0 saturated heterocycles. The van der Waals surface area contributed by atoms with E-state index in [1.54, 1.807) is 0 Å². The van der Waals surface area contributed by atoms with Crippen molar-refractivity contribution in [1.29, 1.82) is 0 Å². The van der Waals surface area contributed by atoms with E-state index in [-0.39, 0.29) is 0 Å². The summed E-state index contributed by atoms with van der Waals surface area (Å²) >= 11 is 0. The summed E-state index contributed by atoms with van der Waals surface area (Å²) in [6, 6.07) is 31.7. The molecule has 0 heterocycles. The van der Waals surface area contributed by atoms with Crippen LogP contribution >= 0.6 is 0 Å². The summed E-state index contributed by atoms with van der Waals surface area (Å²) < 4.78 is 0. The summed E-state index contributed by atoms with van der Waals surface area (Å²) in [6.45, 7) is 4.53. The van der Waals surface area contributed by atoms with E-state index < -0.39 is 0 Å². The summed E-state index contributed by atoms with van der Waals surface area (Å²) in [7, 11) is 0. The van der Waals surface area contributed by atoms with Gasteiger partial charge in [-0.15, -0.1) is 0 Å². The van der Waals surface area contributed by atoms with Gasteiger partial charge in [0.05, 0.1) is 5.69 Å². The highest BCUT2D eigenvalue weighted by Gasteiger charge is 2.26. The van der Waals surface area contributed by atoms with E-state index in [4.69, 9.17) is 0 Å². The van der Waals surface area contributed by atoms with Gasteiger partial charge < -0.3 is 9.80 Å². The van der Waals surface area contributed by atoms with E-state index in [1.165, 1.54) is 85.9 Å². The SMILES string of the molecule is Cc1cc(N(C2=C3C=CCCC3CC=C2)c2ccccc2)ccc1-c1ccc(N(C2=CC=CCC2)c2cccc3c2C=CCC3)cc1C. The third-order valence-electron chi connectivity index (χ3n) is 10.5. The fraction of sp³-hybridized carbons (Fsp3) is 0.217. The molecule has 2 heteroatoms. The number of nitrogens with zero attached hydrogens (tertiary/aromatic N) is 2. The molecule has 1 unspecified atom stereocenters. The second kappa shape index (κ2) is 13.2. The average molecular weight is 625 g/mol. The molecule has 0 bridgehead atoms. The number of anilines is 4. The largest absolute Gasteiger partial charge is 0.314 e. The van der Waals surface area contributed by atoms with Gasteiger partial charge >= 0.3 is 0 Å². The molecule has 48 heavy (non-hydrogen) atoms. The molecule has 0 aliphatic heterocycles. The molecule has 0 spiro atoms. The number of fused-ring (bicyclic) bond motifs is 2. The molecule has 2 nitrogen and oxygen atoms in total. The predicted molar refractivity (Wildman–Crippen MR) is 205 cm³/mol. The molecule has 0 saturated carbocycles. The van der Waals surface area contributed by atoms with Gasteiger partial charge in [-0.1, -0.05) is 85.0 Å². The number of aryl methyl sites for hydroxylation is 3. The standard InChI is InChI=1S/C46H44N2/c1-33-31-39(47(37-19-5-3-6-20-37)45-25-13-17-35-15-9-11-23-43(35)45)27-29-41(33)42-30-28-40(32-34(42)2)48(38-21-7-4-8-22-38)46-26-14-18-36-16-10-12-24-44(36)46/h3-7,11-14,18-21,23-32,35H,8-10,15-17,22H2,1-2H3. The quantitative estimate of drug-likeness (QED) is 0.202. The van der Waals surface area contributed by atoms with Crippen LogP contribution in [0.1, 0.15) is 60.8 Å². The Bertz CT molecular complexity index is 2030. The van der Waals surface area contributed by atoms with Gasteiger partial charge in [-0.25, -0.2) is 0 Å². The number of allylic oxidation sites excluding steroid dienone is 10. The Morgan fingerprint density at radius 2 is 1.35 bits per heavy atom. The Hall–Kier alpha value is -5.08. The summed E-state index contributed by atoms with van der Waals surface area (Å²) in [5, 5.41) is 0. The molecule has 238 valence electrons. The lowest BCUT2D eigenvalue weighted by atomic mass is 9.82. The third-order valence-corrected chi connectivity index (χ3v) is 10.5. The summed E-state index contributed by atoms with van der Waals surface area (Å²) in [4.78, 5) is 4.96. The maximum absolute atomic E-state index is 2.50. The van der Waals surface area contributed by atoms with Crippen LogP contribution in [0.2, 0.25) is 0 Å². The van der Waals surface area contributed by atoms with Crippen LogP contribution in [0.25, 0.3) is 17.2 Å². The minimum atomic E-state index is 0.597. The molecule has 4 aliphatic carbocycles. The number of para-hydroxylation sites is 1. The van der Waals surface area contributed by atoms with Crippen molar-refractivity contribution in [2.75, 3.05) is 9.80 Å². The maximum Gasteiger partial charge on any atom is 0.0533 e. The minimum Gasteiger partial charge on any atom is -0.314 e. The molecule has 0 fully saturated rings. The molecule has 8 rings (SSSR count). The molecular weight excluding hydrogens is 581 g/mol. The zero-order valence-corrected chi connectivity index (χ0v) is 28.2. The van der Waals surface area contributed by atoms with Crippen LogP contribution in [0.15, 0.2) is 151 Å². The van der Waals surface area contributed by atoms with Crippen molar-refractivity contribution in [2.24, 2.45) is 5.92 Å². The lowest BCUT2D eigenvalue weighted by Crippen LogP contribution is -2.22. The lowest BCUT2D eigenvalue weighted by molar-refractivity contribution is 0.559. The summed E-state index contributed by atoms with van der Waals surface area (Å²) in [6.07, 6.45) is 28.7. The molecule has 0 radical (unpaired) electrons. The summed E-state index contributed by atoms with van der Waals surface area (Å²) in [5.41, 5.74) is 17.0. The van der Waals surface area contributed by atoms with Crippen molar-refractivity contribution in [3.05, 3.63) is 173 Å². The van der Waals surface area contributed by atoms with Crippen LogP contribution < -0.4 is 9.80 Å². The van der Waals surface area contributed by atoms with Crippen LogP contribution in [0, 0.1) is 19.8 Å². The molecule has 4 aromatic carbocycles. The van der Waals surface area contributed by atoms with Crippen molar-refractivity contribution in [3.8, 4) is 11.1 Å². The second-order valence-electron chi connectivity index (χ2n) is 13.6. The van der Waals surface area contributed by atoms with E-state index in [1.807, 2.05) is 0 Å². The molecular formula is C46H44N2. The highest BCUT2D eigenvalue weighted by Crippen LogP contribution is 2.43. The number of benzene rings is 4. The van der Waals surface area contributed by atoms with E-state index in [2.05, 4.69) is 163 Å². The summed E-state index contributed by atoms with van der Waals surface area (Å²) in [5.74, 6) is 0.597. The molecule has 4 aliphatic rings. The Morgan fingerprint density at radius 3 is 2.10 bits per heavy atom. The Kier molecular flexibility index (Phi) is 8.32. The maximum atomic E-state index is 2.50. The topological polar surface area (TPSA) is 6.48 Å². The Balaban J connectivity index is 1.18. The van der Waals surface area contributed by atoms with E-state index >= 15 is 0 Å². The van der Waals surface area contributed by atoms with Gasteiger partial charge in [0.2, 0.25) is 0 Å². The normalized spacial score (nSPS) is 18.0. The van der Waals surface area contributed by atoms with Gasteiger partial charge in [0.15, 0.2) is 0 Å². The van der Waals surface area contributed by atoms with E-state index in [9.17, 15) is 0 Å². The number of hydrogen-bond acceptors (Lipinski definition) is 2. The first-order chi connectivity index (χ1) is 23.7. The van der Waals surface area contributed by atoms with Crippen molar-refractivity contribution in [1.82, 2.24) is 0 Å². The monoisotopic (exact) mass is 624 g/mol.